The number of carbonyl (C=O) groups excluding carboxylic acids is 1. The van der Waals surface area contributed by atoms with Crippen LogP contribution in [0, 0.1) is 0 Å². The van der Waals surface area contributed by atoms with Crippen LogP contribution in [0.25, 0.3) is 0 Å². The summed E-state index contributed by atoms with van der Waals surface area (Å²) in [7, 11) is 0. The molecule has 0 fully saturated rings. The maximum atomic E-state index is 11.6. The second kappa shape index (κ2) is 3.39. The molecule has 1 unspecified atom stereocenters. The third-order valence-electron chi connectivity index (χ3n) is 2.97. The van der Waals surface area contributed by atoms with Gasteiger partial charge in [0.25, 0.3) is 0 Å². The second-order valence-electron chi connectivity index (χ2n) is 3.87. The molecule has 0 saturated carbocycles. The highest BCUT2D eigenvalue weighted by molar-refractivity contribution is 6.35. The van der Waals surface area contributed by atoms with E-state index in [0.29, 0.717) is 0 Å². The minimum Gasteiger partial charge on any atom is -0.298 e. The molecular formula is C12H13ClO. The first-order valence-electron chi connectivity index (χ1n) is 4.93. The third-order valence-corrected chi connectivity index (χ3v) is 3.63. The largest absolute Gasteiger partial charge is 0.298 e. The Morgan fingerprint density at radius 1 is 1.43 bits per heavy atom. The van der Waals surface area contributed by atoms with Crippen molar-refractivity contribution < 1.29 is 4.79 Å². The van der Waals surface area contributed by atoms with Gasteiger partial charge in [-0.1, -0.05) is 24.3 Å². The Hall–Kier alpha value is -0.820. The highest BCUT2D eigenvalue weighted by Gasteiger charge is 2.38. The van der Waals surface area contributed by atoms with Crippen molar-refractivity contribution in [2.75, 3.05) is 0 Å². The first-order chi connectivity index (χ1) is 6.64. The van der Waals surface area contributed by atoms with Crippen molar-refractivity contribution in [1.29, 1.82) is 0 Å². The van der Waals surface area contributed by atoms with E-state index in [4.69, 9.17) is 11.6 Å². The highest BCUT2D eigenvalue weighted by atomic mass is 35.5. The number of aryl methyl sites for hydroxylation is 1. The number of ketones is 1. The first-order valence-corrected chi connectivity index (χ1v) is 5.31. The maximum Gasteiger partial charge on any atom is 0.155 e. The summed E-state index contributed by atoms with van der Waals surface area (Å²) in [4.78, 5) is 10.8. The molecular weight excluding hydrogens is 196 g/mol. The molecule has 0 amide bonds. The summed E-state index contributed by atoms with van der Waals surface area (Å²) in [5.74, 6) is 0.0614. The topological polar surface area (TPSA) is 17.1 Å². The molecule has 1 nitrogen and oxygen atoms in total. The SMILES string of the molecule is CC(=O)C1(Cl)CCCc2ccccc21. The molecule has 2 rings (SSSR count). The molecule has 1 aliphatic rings. The van der Waals surface area contributed by atoms with Crippen LogP contribution in [0.4, 0.5) is 0 Å². The maximum absolute atomic E-state index is 11.6. The molecule has 0 spiro atoms. The van der Waals surface area contributed by atoms with E-state index in [1.54, 1.807) is 6.92 Å². The lowest BCUT2D eigenvalue weighted by molar-refractivity contribution is -0.120. The van der Waals surface area contributed by atoms with Gasteiger partial charge in [-0.3, -0.25) is 4.79 Å². The Morgan fingerprint density at radius 2 is 2.14 bits per heavy atom. The molecule has 1 atom stereocenters. The predicted octanol–water partition coefficient (Wildman–Crippen LogP) is 3.05. The molecule has 0 saturated heterocycles. The Kier molecular flexibility index (Phi) is 2.36. The van der Waals surface area contributed by atoms with Gasteiger partial charge in [0.2, 0.25) is 0 Å². The lowest BCUT2D eigenvalue weighted by Gasteiger charge is -2.31. The Labute approximate surface area is 89.1 Å². The quantitative estimate of drug-likeness (QED) is 0.649. The zero-order valence-electron chi connectivity index (χ0n) is 8.22. The number of Topliss-reactive ketones (excluding diaryl/α,β-unsaturated/α-hetero) is 1. The van der Waals surface area contributed by atoms with Crippen LogP contribution in [-0.2, 0) is 16.1 Å². The van der Waals surface area contributed by atoms with Gasteiger partial charge in [0.15, 0.2) is 5.78 Å². The van der Waals surface area contributed by atoms with Crippen LogP contribution in [0.2, 0.25) is 0 Å². The monoisotopic (exact) mass is 208 g/mol. The van der Waals surface area contributed by atoms with Gasteiger partial charge < -0.3 is 0 Å². The fraction of sp³-hybridized carbons (Fsp3) is 0.417. The van der Waals surface area contributed by atoms with Gasteiger partial charge in [-0.05, 0) is 37.3 Å². The summed E-state index contributed by atoms with van der Waals surface area (Å²) < 4.78 is 0. The molecule has 14 heavy (non-hydrogen) atoms. The van der Waals surface area contributed by atoms with Gasteiger partial charge >= 0.3 is 0 Å². The van der Waals surface area contributed by atoms with Gasteiger partial charge in [-0.25, -0.2) is 0 Å². The summed E-state index contributed by atoms with van der Waals surface area (Å²) >= 11 is 6.39. The van der Waals surface area contributed by atoms with E-state index in [2.05, 4.69) is 6.07 Å². The van der Waals surface area contributed by atoms with Crippen LogP contribution in [0.1, 0.15) is 30.9 Å². The molecule has 0 heterocycles. The minimum absolute atomic E-state index is 0.0614. The molecule has 0 bridgehead atoms. The van der Waals surface area contributed by atoms with Crippen LogP contribution in [0.5, 0.6) is 0 Å². The second-order valence-corrected chi connectivity index (χ2v) is 4.51. The lowest BCUT2D eigenvalue weighted by atomic mass is 9.80. The predicted molar refractivity (Wildman–Crippen MR) is 57.6 cm³/mol. The zero-order chi connectivity index (χ0) is 10.2. The van der Waals surface area contributed by atoms with E-state index >= 15 is 0 Å². The first kappa shape index (κ1) is 9.72. The summed E-state index contributed by atoms with van der Waals surface area (Å²) in [6, 6.07) is 7.99. The zero-order valence-corrected chi connectivity index (χ0v) is 8.97. The van der Waals surface area contributed by atoms with Crippen molar-refractivity contribution in [3.63, 3.8) is 0 Å². The van der Waals surface area contributed by atoms with Gasteiger partial charge in [0.1, 0.15) is 4.87 Å². The Bertz CT molecular complexity index is 372. The summed E-state index contributed by atoms with van der Waals surface area (Å²) in [5, 5.41) is 0. The molecule has 2 heteroatoms. The number of benzene rings is 1. The van der Waals surface area contributed by atoms with E-state index in [-0.39, 0.29) is 5.78 Å². The Morgan fingerprint density at radius 3 is 2.86 bits per heavy atom. The summed E-state index contributed by atoms with van der Waals surface area (Å²) in [6.45, 7) is 1.58. The van der Waals surface area contributed by atoms with Crippen LogP contribution in [0.15, 0.2) is 24.3 Å². The van der Waals surface area contributed by atoms with E-state index in [1.165, 1.54) is 5.56 Å². The van der Waals surface area contributed by atoms with Crippen molar-refractivity contribution in [3.8, 4) is 0 Å². The lowest BCUT2D eigenvalue weighted by Crippen LogP contribution is -2.31. The van der Waals surface area contributed by atoms with Crippen LogP contribution in [-0.4, -0.2) is 5.78 Å². The van der Waals surface area contributed by atoms with Crippen LogP contribution in [0.3, 0.4) is 0 Å². The smallest absolute Gasteiger partial charge is 0.155 e. The molecule has 0 aromatic heterocycles. The summed E-state index contributed by atoms with van der Waals surface area (Å²) in [5.41, 5.74) is 2.24. The molecule has 0 N–H and O–H groups in total. The number of halogens is 1. The fourth-order valence-electron chi connectivity index (χ4n) is 2.15. The van der Waals surface area contributed by atoms with Crippen LogP contribution < -0.4 is 0 Å². The average Bonchev–Trinajstić information content (AvgIpc) is 2.18. The average molecular weight is 209 g/mol. The number of fused-ring (bicyclic) bond motifs is 1. The molecule has 1 aromatic carbocycles. The standard InChI is InChI=1S/C12H13ClO/c1-9(14)12(13)8-4-6-10-5-2-3-7-11(10)12/h2-3,5,7H,4,6,8H2,1H3. The number of hydrogen-bond donors (Lipinski definition) is 0. The van der Waals surface area contributed by atoms with Gasteiger partial charge in [-0.15, -0.1) is 11.6 Å². The molecule has 1 aliphatic carbocycles. The van der Waals surface area contributed by atoms with Crippen molar-refractivity contribution >= 4 is 17.4 Å². The molecule has 0 aliphatic heterocycles. The molecule has 0 radical (unpaired) electrons. The normalized spacial score (nSPS) is 25.6. The summed E-state index contributed by atoms with van der Waals surface area (Å²) in [6.07, 6.45) is 2.80. The van der Waals surface area contributed by atoms with Crippen molar-refractivity contribution in [2.24, 2.45) is 0 Å². The highest BCUT2D eigenvalue weighted by Crippen LogP contribution is 2.41. The fourth-order valence-corrected chi connectivity index (χ4v) is 2.47. The number of rotatable bonds is 1. The number of alkyl halides is 1. The van der Waals surface area contributed by atoms with Crippen LogP contribution >= 0.6 is 11.6 Å². The third kappa shape index (κ3) is 1.36. The molecule has 74 valence electrons. The van der Waals surface area contributed by atoms with Gasteiger partial charge in [0.05, 0.1) is 0 Å². The minimum atomic E-state index is -0.755. The van der Waals surface area contributed by atoms with E-state index in [0.717, 1.165) is 24.8 Å². The van der Waals surface area contributed by atoms with Crippen molar-refractivity contribution in [2.45, 2.75) is 31.1 Å². The van der Waals surface area contributed by atoms with E-state index in [9.17, 15) is 4.79 Å². The van der Waals surface area contributed by atoms with E-state index in [1.807, 2.05) is 18.2 Å². The number of carbonyl (C=O) groups is 1. The Balaban J connectivity index is 2.55. The van der Waals surface area contributed by atoms with Crippen molar-refractivity contribution in [1.82, 2.24) is 0 Å². The number of hydrogen-bond acceptors (Lipinski definition) is 1. The van der Waals surface area contributed by atoms with Gasteiger partial charge in [-0.2, -0.15) is 0 Å². The van der Waals surface area contributed by atoms with Gasteiger partial charge in [0, 0.05) is 0 Å². The van der Waals surface area contributed by atoms with E-state index < -0.39 is 4.87 Å². The molecule has 1 aromatic rings. The van der Waals surface area contributed by atoms with Crippen molar-refractivity contribution in [3.05, 3.63) is 35.4 Å².